The van der Waals surface area contributed by atoms with Gasteiger partial charge in [0, 0.05) is 6.07 Å². The predicted octanol–water partition coefficient (Wildman–Crippen LogP) is 4.81. The number of fused-ring (bicyclic) bond motifs is 1. The van der Waals surface area contributed by atoms with Gasteiger partial charge in [0.15, 0.2) is 0 Å². The number of hydrogen-bond acceptors (Lipinski definition) is 3. The Labute approximate surface area is 128 Å². The van der Waals surface area contributed by atoms with Gasteiger partial charge in [0.05, 0.1) is 34.2 Å². The zero-order valence-corrected chi connectivity index (χ0v) is 13.2. The summed E-state index contributed by atoms with van der Waals surface area (Å²) in [4.78, 5) is 4.12. The van der Waals surface area contributed by atoms with Gasteiger partial charge < -0.3 is 9.47 Å². The van der Waals surface area contributed by atoms with Crippen LogP contribution in [0.3, 0.4) is 0 Å². The maximum Gasteiger partial charge on any atom is 0.417 e. The molecule has 7 heteroatoms. The number of halogens is 4. The van der Waals surface area contributed by atoms with Crippen LogP contribution in [-0.4, -0.2) is 18.2 Å². The minimum absolute atomic E-state index is 0.0609. The third-order valence-corrected chi connectivity index (χ3v) is 3.35. The Bertz CT molecular complexity index is 671. The molecule has 2 rings (SSSR count). The van der Waals surface area contributed by atoms with E-state index in [2.05, 4.69) is 20.9 Å². The summed E-state index contributed by atoms with van der Waals surface area (Å²) in [6.07, 6.45) is -4.81. The van der Waals surface area contributed by atoms with E-state index in [1.165, 1.54) is 13.2 Å². The number of aromatic nitrogens is 1. The highest BCUT2D eigenvalue weighted by atomic mass is 79.9. The Kier molecular flexibility index (Phi) is 4.32. The quantitative estimate of drug-likeness (QED) is 0.783. The summed E-state index contributed by atoms with van der Waals surface area (Å²) >= 11 is 3.19. The Hall–Kier alpha value is -1.50. The molecule has 0 N–H and O–H groups in total. The fraction of sp³-hybridized carbons (Fsp3) is 0.357. The van der Waals surface area contributed by atoms with Crippen LogP contribution < -0.4 is 9.47 Å². The van der Waals surface area contributed by atoms with E-state index in [0.717, 1.165) is 6.07 Å². The lowest BCUT2D eigenvalue weighted by atomic mass is 10.1. The molecule has 0 saturated carbocycles. The molecule has 1 heterocycles. The van der Waals surface area contributed by atoms with Crippen LogP contribution in [0.5, 0.6) is 11.6 Å². The monoisotopic (exact) mass is 363 g/mol. The zero-order valence-electron chi connectivity index (χ0n) is 11.6. The highest BCUT2D eigenvalue weighted by Gasteiger charge is 2.35. The standard InChI is InChI=1S/C14H13BrF3NO2/c1-7(2)21-11-6-8(14(16,17)18)12-10(19-11)5-4-9(15)13(12)20-3/h4-7H,1-3H3. The van der Waals surface area contributed by atoms with E-state index in [9.17, 15) is 13.2 Å². The molecule has 21 heavy (non-hydrogen) atoms. The van der Waals surface area contributed by atoms with E-state index >= 15 is 0 Å². The zero-order chi connectivity index (χ0) is 15.8. The molecule has 0 aliphatic carbocycles. The summed E-state index contributed by atoms with van der Waals surface area (Å²) in [5.41, 5.74) is -0.665. The van der Waals surface area contributed by atoms with Crippen molar-refractivity contribution < 1.29 is 22.6 Å². The van der Waals surface area contributed by atoms with Crippen LogP contribution in [0.25, 0.3) is 10.9 Å². The molecule has 114 valence electrons. The van der Waals surface area contributed by atoms with Gasteiger partial charge in [0.25, 0.3) is 0 Å². The molecular formula is C14H13BrF3NO2. The number of alkyl halides is 3. The fourth-order valence-corrected chi connectivity index (χ4v) is 2.46. The summed E-state index contributed by atoms with van der Waals surface area (Å²) in [5, 5.41) is -0.0875. The molecule has 0 saturated heterocycles. The Balaban J connectivity index is 2.81. The van der Waals surface area contributed by atoms with Crippen molar-refractivity contribution in [3.63, 3.8) is 0 Å². The van der Waals surface area contributed by atoms with Crippen LogP contribution in [0.4, 0.5) is 13.2 Å². The van der Waals surface area contributed by atoms with Crippen molar-refractivity contribution in [1.29, 1.82) is 0 Å². The molecular weight excluding hydrogens is 351 g/mol. The number of benzene rings is 1. The maximum absolute atomic E-state index is 13.3. The second-order valence-electron chi connectivity index (χ2n) is 4.65. The van der Waals surface area contributed by atoms with Crippen molar-refractivity contribution in [3.05, 3.63) is 28.2 Å². The minimum Gasteiger partial charge on any atom is -0.495 e. The first-order valence-electron chi connectivity index (χ1n) is 6.15. The van der Waals surface area contributed by atoms with Crippen molar-refractivity contribution in [2.24, 2.45) is 0 Å². The van der Waals surface area contributed by atoms with E-state index in [1.807, 2.05) is 0 Å². The first-order valence-corrected chi connectivity index (χ1v) is 6.94. The maximum atomic E-state index is 13.3. The third-order valence-electron chi connectivity index (χ3n) is 2.72. The molecule has 0 atom stereocenters. The van der Waals surface area contributed by atoms with Gasteiger partial charge in [-0.3, -0.25) is 0 Å². The van der Waals surface area contributed by atoms with Crippen LogP contribution in [0.1, 0.15) is 19.4 Å². The van der Waals surface area contributed by atoms with Crippen molar-refractivity contribution in [2.45, 2.75) is 26.1 Å². The van der Waals surface area contributed by atoms with Crippen molar-refractivity contribution >= 4 is 26.8 Å². The molecule has 0 aliphatic heterocycles. The van der Waals surface area contributed by atoms with Crippen molar-refractivity contribution in [1.82, 2.24) is 4.98 Å². The fourth-order valence-electron chi connectivity index (χ4n) is 1.97. The summed E-state index contributed by atoms with van der Waals surface area (Å²) < 4.78 is 50.8. The summed E-state index contributed by atoms with van der Waals surface area (Å²) in [7, 11) is 1.32. The van der Waals surface area contributed by atoms with Gasteiger partial charge in [0.2, 0.25) is 5.88 Å². The number of hydrogen-bond donors (Lipinski definition) is 0. The summed E-state index contributed by atoms with van der Waals surface area (Å²) in [6, 6.07) is 3.98. The van der Waals surface area contributed by atoms with E-state index in [0.29, 0.717) is 4.47 Å². The number of rotatable bonds is 3. The topological polar surface area (TPSA) is 31.4 Å². The van der Waals surface area contributed by atoms with Crippen molar-refractivity contribution in [2.75, 3.05) is 7.11 Å². The summed E-state index contributed by atoms with van der Waals surface area (Å²) in [6.45, 7) is 3.45. The van der Waals surface area contributed by atoms with E-state index in [4.69, 9.17) is 9.47 Å². The second kappa shape index (κ2) is 5.71. The molecule has 0 aliphatic rings. The molecule has 0 radical (unpaired) electrons. The first-order chi connectivity index (χ1) is 9.74. The van der Waals surface area contributed by atoms with Crippen LogP contribution in [0.2, 0.25) is 0 Å². The van der Waals surface area contributed by atoms with Crippen LogP contribution >= 0.6 is 15.9 Å². The Morgan fingerprint density at radius 1 is 1.24 bits per heavy atom. The average molecular weight is 364 g/mol. The highest BCUT2D eigenvalue weighted by Crippen LogP contribution is 2.43. The molecule has 0 spiro atoms. The number of ether oxygens (including phenoxy) is 2. The van der Waals surface area contributed by atoms with Crippen LogP contribution in [0.15, 0.2) is 22.7 Å². The highest BCUT2D eigenvalue weighted by molar-refractivity contribution is 9.10. The molecule has 2 aromatic rings. The van der Waals surface area contributed by atoms with Crippen molar-refractivity contribution in [3.8, 4) is 11.6 Å². The molecule has 3 nitrogen and oxygen atoms in total. The average Bonchev–Trinajstić information content (AvgIpc) is 2.36. The lowest BCUT2D eigenvalue weighted by molar-refractivity contribution is -0.136. The predicted molar refractivity (Wildman–Crippen MR) is 76.8 cm³/mol. The van der Waals surface area contributed by atoms with E-state index in [-0.39, 0.29) is 28.6 Å². The van der Waals surface area contributed by atoms with Gasteiger partial charge in [-0.15, -0.1) is 0 Å². The van der Waals surface area contributed by atoms with Gasteiger partial charge in [-0.2, -0.15) is 13.2 Å². The molecule has 0 bridgehead atoms. The largest absolute Gasteiger partial charge is 0.495 e. The number of nitrogens with zero attached hydrogens (tertiary/aromatic N) is 1. The number of methoxy groups -OCH3 is 1. The lowest BCUT2D eigenvalue weighted by Gasteiger charge is -2.17. The minimum atomic E-state index is -4.54. The van der Waals surface area contributed by atoms with Crippen LogP contribution in [0, 0.1) is 0 Å². The normalized spacial score (nSPS) is 12.0. The smallest absolute Gasteiger partial charge is 0.417 e. The first kappa shape index (κ1) is 15.9. The Morgan fingerprint density at radius 3 is 2.43 bits per heavy atom. The molecule has 0 unspecified atom stereocenters. The van der Waals surface area contributed by atoms with E-state index in [1.54, 1.807) is 19.9 Å². The SMILES string of the molecule is COc1c(Br)ccc2nc(OC(C)C)cc(C(F)(F)F)c12. The summed E-state index contributed by atoms with van der Waals surface area (Å²) in [5.74, 6) is 0.0395. The van der Waals surface area contributed by atoms with Gasteiger partial charge >= 0.3 is 6.18 Å². The molecule has 0 fully saturated rings. The van der Waals surface area contributed by atoms with Gasteiger partial charge in [0.1, 0.15) is 5.75 Å². The number of pyridine rings is 1. The molecule has 1 aromatic heterocycles. The Morgan fingerprint density at radius 2 is 1.90 bits per heavy atom. The lowest BCUT2D eigenvalue weighted by Crippen LogP contribution is -2.11. The third kappa shape index (κ3) is 3.23. The molecule has 1 aromatic carbocycles. The van der Waals surface area contributed by atoms with E-state index < -0.39 is 11.7 Å². The molecule has 0 amide bonds. The van der Waals surface area contributed by atoms with Gasteiger partial charge in [-0.1, -0.05) is 0 Å². The van der Waals surface area contributed by atoms with Gasteiger partial charge in [-0.05, 0) is 41.9 Å². The second-order valence-corrected chi connectivity index (χ2v) is 5.50. The van der Waals surface area contributed by atoms with Gasteiger partial charge in [-0.25, -0.2) is 4.98 Å². The van der Waals surface area contributed by atoms with Crippen LogP contribution in [-0.2, 0) is 6.18 Å².